The SMILES string of the molecule is CC(I)[C@H]1CCC2CC(C)(C1)C2Cl. The summed E-state index contributed by atoms with van der Waals surface area (Å²) in [4.78, 5) is 0. The van der Waals surface area contributed by atoms with Crippen LogP contribution in [0.15, 0.2) is 0 Å². The molecule has 0 N–H and O–H groups in total. The van der Waals surface area contributed by atoms with Gasteiger partial charge < -0.3 is 0 Å². The molecule has 0 amide bonds. The van der Waals surface area contributed by atoms with Crippen molar-refractivity contribution in [3.8, 4) is 0 Å². The lowest BCUT2D eigenvalue weighted by molar-refractivity contribution is 0.0825. The van der Waals surface area contributed by atoms with Gasteiger partial charge in [-0.3, -0.25) is 0 Å². The summed E-state index contributed by atoms with van der Waals surface area (Å²) in [6, 6.07) is 0. The van der Waals surface area contributed by atoms with Crippen LogP contribution < -0.4 is 0 Å². The molecule has 0 aliphatic heterocycles. The molecule has 0 aromatic heterocycles. The van der Waals surface area contributed by atoms with E-state index >= 15 is 0 Å². The lowest BCUT2D eigenvalue weighted by Gasteiger charge is -2.49. The van der Waals surface area contributed by atoms with Gasteiger partial charge in [0.05, 0.1) is 0 Å². The topological polar surface area (TPSA) is 0 Å². The molecule has 13 heavy (non-hydrogen) atoms. The molecule has 0 radical (unpaired) electrons. The van der Waals surface area contributed by atoms with Gasteiger partial charge in [0.2, 0.25) is 0 Å². The van der Waals surface area contributed by atoms with E-state index < -0.39 is 0 Å². The van der Waals surface area contributed by atoms with Crippen LogP contribution in [0.4, 0.5) is 0 Å². The van der Waals surface area contributed by atoms with Crippen molar-refractivity contribution in [1.29, 1.82) is 0 Å². The molecule has 3 fully saturated rings. The Kier molecular flexibility index (Phi) is 2.88. The third kappa shape index (κ3) is 1.75. The molecule has 5 atom stereocenters. The highest BCUT2D eigenvalue weighted by Crippen LogP contribution is 2.58. The van der Waals surface area contributed by atoms with E-state index in [1.54, 1.807) is 0 Å². The lowest BCUT2D eigenvalue weighted by Crippen LogP contribution is -2.46. The lowest BCUT2D eigenvalue weighted by atomic mass is 9.61. The molecule has 0 saturated heterocycles. The van der Waals surface area contributed by atoms with E-state index in [-0.39, 0.29) is 0 Å². The van der Waals surface area contributed by atoms with E-state index in [1.807, 2.05) is 0 Å². The fourth-order valence-corrected chi connectivity index (χ4v) is 4.20. The van der Waals surface area contributed by atoms with Gasteiger partial charge in [0.1, 0.15) is 0 Å². The molecule has 3 aliphatic rings. The van der Waals surface area contributed by atoms with Gasteiger partial charge in [-0.2, -0.15) is 0 Å². The van der Waals surface area contributed by atoms with Gasteiger partial charge in [0.25, 0.3) is 0 Å². The molecule has 2 bridgehead atoms. The van der Waals surface area contributed by atoms with E-state index in [2.05, 4.69) is 36.4 Å². The Morgan fingerprint density at radius 3 is 2.62 bits per heavy atom. The van der Waals surface area contributed by atoms with Gasteiger partial charge in [-0.1, -0.05) is 36.4 Å². The van der Waals surface area contributed by atoms with E-state index in [0.717, 1.165) is 15.8 Å². The maximum atomic E-state index is 6.43. The Hall–Kier alpha value is 1.02. The Bertz CT molecular complexity index is 204. The predicted octanol–water partition coefficient (Wildman–Crippen LogP) is 4.24. The minimum atomic E-state index is 0.479. The number of hydrogen-bond donors (Lipinski definition) is 0. The monoisotopic (exact) mass is 312 g/mol. The van der Waals surface area contributed by atoms with Crippen LogP contribution >= 0.6 is 34.2 Å². The molecule has 2 heteroatoms. The second kappa shape index (κ2) is 3.55. The van der Waals surface area contributed by atoms with Crippen LogP contribution in [0.3, 0.4) is 0 Å². The maximum absolute atomic E-state index is 6.43. The highest BCUT2D eigenvalue weighted by atomic mass is 127. The summed E-state index contributed by atoms with van der Waals surface area (Å²) in [5.74, 6) is 1.76. The molecule has 0 nitrogen and oxygen atoms in total. The van der Waals surface area contributed by atoms with E-state index in [0.29, 0.717) is 10.8 Å². The van der Waals surface area contributed by atoms with Crippen molar-refractivity contribution in [2.24, 2.45) is 17.3 Å². The highest BCUT2D eigenvalue weighted by Gasteiger charge is 2.52. The van der Waals surface area contributed by atoms with Gasteiger partial charge in [0.15, 0.2) is 0 Å². The predicted molar refractivity (Wildman–Crippen MR) is 66.7 cm³/mol. The molecule has 0 aromatic carbocycles. The first-order valence-corrected chi connectivity index (χ1v) is 6.99. The largest absolute Gasteiger partial charge is 0.122 e. The zero-order valence-electron chi connectivity index (χ0n) is 8.39. The Morgan fingerprint density at radius 1 is 1.38 bits per heavy atom. The molecule has 0 spiro atoms. The standard InChI is InChI=1S/C11H18ClI/c1-7(13)8-3-4-9-6-11(2,5-8)10(9)12/h7-10H,3-6H2,1-2H3/t7?,8-,9?,10?,11?/m0/s1. The van der Waals surface area contributed by atoms with E-state index in [4.69, 9.17) is 11.6 Å². The fourth-order valence-electron chi connectivity index (χ4n) is 3.19. The average Bonchev–Trinajstić information content (AvgIpc) is 2.31. The summed E-state index contributed by atoms with van der Waals surface area (Å²) >= 11 is 9.01. The molecule has 4 unspecified atom stereocenters. The van der Waals surface area contributed by atoms with Gasteiger partial charge in [-0.05, 0) is 42.9 Å². The quantitative estimate of drug-likeness (QED) is 0.502. The molecular weight excluding hydrogens is 294 g/mol. The zero-order chi connectivity index (χ0) is 9.64. The van der Waals surface area contributed by atoms with Crippen molar-refractivity contribution in [1.82, 2.24) is 0 Å². The summed E-state index contributed by atoms with van der Waals surface area (Å²) in [5, 5.41) is 0.479. The summed E-state index contributed by atoms with van der Waals surface area (Å²) in [5.41, 5.74) is 0.479. The molecule has 3 rings (SSSR count). The second-order valence-corrected chi connectivity index (χ2v) is 7.67. The Morgan fingerprint density at radius 2 is 2.08 bits per heavy atom. The summed E-state index contributed by atoms with van der Waals surface area (Å²) in [7, 11) is 0. The Balaban J connectivity index is 2.08. The van der Waals surface area contributed by atoms with Crippen molar-refractivity contribution >= 4 is 34.2 Å². The molecule has 0 heterocycles. The van der Waals surface area contributed by atoms with Crippen molar-refractivity contribution in [2.45, 2.75) is 48.8 Å². The maximum Gasteiger partial charge on any atom is 0.0418 e. The van der Waals surface area contributed by atoms with Crippen molar-refractivity contribution in [3.63, 3.8) is 0 Å². The van der Waals surface area contributed by atoms with E-state index in [9.17, 15) is 0 Å². The number of alkyl halides is 2. The smallest absolute Gasteiger partial charge is 0.0418 e. The average molecular weight is 313 g/mol. The first-order valence-electron chi connectivity index (χ1n) is 5.31. The minimum absolute atomic E-state index is 0.479. The van der Waals surface area contributed by atoms with Gasteiger partial charge in [-0.25, -0.2) is 0 Å². The van der Waals surface area contributed by atoms with Crippen LogP contribution in [-0.2, 0) is 0 Å². The highest BCUT2D eigenvalue weighted by molar-refractivity contribution is 14.1. The third-order valence-electron chi connectivity index (χ3n) is 4.09. The van der Waals surface area contributed by atoms with Crippen LogP contribution in [0.25, 0.3) is 0 Å². The number of fused-ring (bicyclic) bond motifs is 3. The van der Waals surface area contributed by atoms with Crippen molar-refractivity contribution in [3.05, 3.63) is 0 Å². The molecule has 76 valence electrons. The number of halogens is 2. The normalized spacial score (nSPS) is 52.2. The van der Waals surface area contributed by atoms with Gasteiger partial charge in [-0.15, -0.1) is 11.6 Å². The number of hydrogen-bond acceptors (Lipinski definition) is 0. The second-order valence-electron chi connectivity index (χ2n) is 5.24. The van der Waals surface area contributed by atoms with Crippen LogP contribution in [0.2, 0.25) is 0 Å². The van der Waals surface area contributed by atoms with Crippen LogP contribution in [0, 0.1) is 17.3 Å². The van der Waals surface area contributed by atoms with E-state index in [1.165, 1.54) is 25.7 Å². The number of rotatable bonds is 1. The van der Waals surface area contributed by atoms with Crippen LogP contribution in [-0.4, -0.2) is 9.30 Å². The summed E-state index contributed by atoms with van der Waals surface area (Å²) < 4.78 is 0.817. The summed E-state index contributed by atoms with van der Waals surface area (Å²) in [6.45, 7) is 4.74. The molecule has 3 saturated carbocycles. The third-order valence-corrected chi connectivity index (χ3v) is 5.99. The first kappa shape index (κ1) is 10.5. The Labute approximate surface area is 99.9 Å². The molecule has 0 aromatic rings. The molecule has 3 aliphatic carbocycles. The first-order chi connectivity index (χ1) is 6.03. The fraction of sp³-hybridized carbons (Fsp3) is 1.00. The summed E-state index contributed by atoms with van der Waals surface area (Å²) in [6.07, 6.45) is 5.54. The minimum Gasteiger partial charge on any atom is -0.122 e. The van der Waals surface area contributed by atoms with Crippen molar-refractivity contribution in [2.75, 3.05) is 0 Å². The van der Waals surface area contributed by atoms with Crippen LogP contribution in [0.5, 0.6) is 0 Å². The zero-order valence-corrected chi connectivity index (χ0v) is 11.3. The van der Waals surface area contributed by atoms with Gasteiger partial charge in [0, 0.05) is 9.30 Å². The van der Waals surface area contributed by atoms with Crippen molar-refractivity contribution < 1.29 is 0 Å². The molecular formula is C11H18ClI. The van der Waals surface area contributed by atoms with Crippen LogP contribution in [0.1, 0.15) is 39.5 Å². The van der Waals surface area contributed by atoms with Gasteiger partial charge >= 0.3 is 0 Å².